The molecular weight excluding hydrogens is 290 g/mol. The minimum absolute atomic E-state index is 0.360. The standard InChI is InChI=1S/C16H12ClNO3/c1-9-7-14(21-2)13(8-12(9)17)18-15(19)10-5-3-4-6-11(10)16(18)20/h3-8H,1-2H3. The first kappa shape index (κ1) is 13.6. The number of fused-ring (bicyclic) bond motifs is 1. The minimum Gasteiger partial charge on any atom is -0.495 e. The normalized spacial score (nSPS) is 13.6. The van der Waals surface area contributed by atoms with Gasteiger partial charge in [-0.15, -0.1) is 0 Å². The van der Waals surface area contributed by atoms with Crippen molar-refractivity contribution in [2.45, 2.75) is 6.92 Å². The first-order valence-corrected chi connectivity index (χ1v) is 6.74. The summed E-state index contributed by atoms with van der Waals surface area (Å²) < 4.78 is 5.28. The molecule has 0 N–H and O–H groups in total. The van der Waals surface area contributed by atoms with Crippen molar-refractivity contribution in [3.8, 4) is 5.75 Å². The van der Waals surface area contributed by atoms with Crippen LogP contribution in [0, 0.1) is 6.92 Å². The predicted molar refractivity (Wildman–Crippen MR) is 80.3 cm³/mol. The number of aryl methyl sites for hydroxylation is 1. The Balaban J connectivity index is 2.17. The van der Waals surface area contributed by atoms with Crippen LogP contribution in [-0.2, 0) is 0 Å². The number of ether oxygens (including phenoxy) is 1. The average molecular weight is 302 g/mol. The highest BCUT2D eigenvalue weighted by atomic mass is 35.5. The molecule has 0 saturated heterocycles. The van der Waals surface area contributed by atoms with E-state index in [0.717, 1.165) is 10.5 Å². The van der Waals surface area contributed by atoms with E-state index in [2.05, 4.69) is 0 Å². The highest BCUT2D eigenvalue weighted by Gasteiger charge is 2.37. The van der Waals surface area contributed by atoms with E-state index in [1.807, 2.05) is 6.92 Å². The van der Waals surface area contributed by atoms with Crippen LogP contribution in [0.5, 0.6) is 5.75 Å². The van der Waals surface area contributed by atoms with Gasteiger partial charge >= 0.3 is 0 Å². The third kappa shape index (κ3) is 1.99. The van der Waals surface area contributed by atoms with Gasteiger partial charge in [0.1, 0.15) is 5.75 Å². The molecule has 0 atom stereocenters. The van der Waals surface area contributed by atoms with Crippen molar-refractivity contribution in [3.05, 3.63) is 58.1 Å². The first-order chi connectivity index (χ1) is 10.0. The number of benzene rings is 2. The summed E-state index contributed by atoms with van der Waals surface area (Å²) in [4.78, 5) is 26.1. The number of carbonyl (C=O) groups excluding carboxylic acids is 2. The SMILES string of the molecule is COc1cc(C)c(Cl)cc1N1C(=O)c2ccccc2C1=O. The van der Waals surface area contributed by atoms with E-state index in [9.17, 15) is 9.59 Å². The van der Waals surface area contributed by atoms with Crippen molar-refractivity contribution in [3.63, 3.8) is 0 Å². The Morgan fingerprint density at radius 3 is 2.14 bits per heavy atom. The molecule has 3 rings (SSSR count). The van der Waals surface area contributed by atoms with Gasteiger partial charge in [-0.3, -0.25) is 9.59 Å². The summed E-state index contributed by atoms with van der Waals surface area (Å²) in [6.07, 6.45) is 0. The van der Waals surface area contributed by atoms with Crippen LogP contribution in [0.2, 0.25) is 5.02 Å². The molecule has 2 aromatic carbocycles. The van der Waals surface area contributed by atoms with Crippen molar-refractivity contribution in [1.29, 1.82) is 0 Å². The van der Waals surface area contributed by atoms with E-state index in [0.29, 0.717) is 27.6 Å². The number of amides is 2. The second-order valence-corrected chi connectivity index (χ2v) is 5.17. The zero-order chi connectivity index (χ0) is 15.1. The van der Waals surface area contributed by atoms with Crippen molar-refractivity contribution >= 4 is 29.1 Å². The Bertz CT molecular complexity index is 735. The molecular formula is C16H12ClNO3. The lowest BCUT2D eigenvalue weighted by Gasteiger charge is -2.18. The molecule has 21 heavy (non-hydrogen) atoms. The molecule has 1 aliphatic heterocycles. The summed E-state index contributed by atoms with van der Waals surface area (Å²) in [7, 11) is 1.49. The Kier molecular flexibility index (Phi) is 3.18. The molecule has 0 unspecified atom stereocenters. The molecule has 2 amide bonds. The molecule has 0 saturated carbocycles. The van der Waals surface area contributed by atoms with Crippen LogP contribution in [0.1, 0.15) is 26.3 Å². The second kappa shape index (κ2) is 4.90. The van der Waals surface area contributed by atoms with Gasteiger partial charge in [-0.1, -0.05) is 23.7 Å². The van der Waals surface area contributed by atoms with E-state index in [1.54, 1.807) is 36.4 Å². The Morgan fingerprint density at radius 2 is 1.62 bits per heavy atom. The number of carbonyl (C=O) groups is 2. The van der Waals surface area contributed by atoms with Crippen molar-refractivity contribution in [1.82, 2.24) is 0 Å². The molecule has 0 bridgehead atoms. The maximum atomic E-state index is 12.5. The third-order valence-electron chi connectivity index (χ3n) is 3.50. The Morgan fingerprint density at radius 1 is 1.05 bits per heavy atom. The van der Waals surface area contributed by atoms with Crippen LogP contribution < -0.4 is 9.64 Å². The monoisotopic (exact) mass is 301 g/mol. The number of methoxy groups -OCH3 is 1. The Labute approximate surface area is 126 Å². The third-order valence-corrected chi connectivity index (χ3v) is 3.90. The Hall–Kier alpha value is -2.33. The van der Waals surface area contributed by atoms with Gasteiger partial charge in [0.05, 0.1) is 23.9 Å². The van der Waals surface area contributed by atoms with E-state index in [-0.39, 0.29) is 11.8 Å². The predicted octanol–water partition coefficient (Wildman–Crippen LogP) is 3.46. The number of rotatable bonds is 2. The van der Waals surface area contributed by atoms with E-state index in [4.69, 9.17) is 16.3 Å². The topological polar surface area (TPSA) is 46.6 Å². The lowest BCUT2D eigenvalue weighted by Crippen LogP contribution is -2.29. The lowest BCUT2D eigenvalue weighted by molar-refractivity contribution is 0.0925. The molecule has 2 aromatic rings. The fraction of sp³-hybridized carbons (Fsp3) is 0.125. The summed E-state index contributed by atoms with van der Waals surface area (Å²) in [5.41, 5.74) is 1.95. The lowest BCUT2D eigenvalue weighted by atomic mass is 10.1. The zero-order valence-corrected chi connectivity index (χ0v) is 12.3. The highest BCUT2D eigenvalue weighted by Crippen LogP contribution is 2.38. The largest absolute Gasteiger partial charge is 0.495 e. The molecule has 0 fully saturated rings. The van der Waals surface area contributed by atoms with Gasteiger partial charge in [0.25, 0.3) is 11.8 Å². The van der Waals surface area contributed by atoms with Crippen molar-refractivity contribution < 1.29 is 14.3 Å². The van der Waals surface area contributed by atoms with Crippen LogP contribution >= 0.6 is 11.6 Å². The molecule has 4 nitrogen and oxygen atoms in total. The highest BCUT2D eigenvalue weighted by molar-refractivity contribution is 6.36. The van der Waals surface area contributed by atoms with Gasteiger partial charge in [0.2, 0.25) is 0 Å². The van der Waals surface area contributed by atoms with Gasteiger partial charge in [-0.2, -0.15) is 0 Å². The number of nitrogens with zero attached hydrogens (tertiary/aromatic N) is 1. The summed E-state index contributed by atoms with van der Waals surface area (Å²) >= 11 is 6.12. The fourth-order valence-corrected chi connectivity index (χ4v) is 2.55. The first-order valence-electron chi connectivity index (χ1n) is 6.36. The average Bonchev–Trinajstić information content (AvgIpc) is 2.74. The second-order valence-electron chi connectivity index (χ2n) is 4.76. The number of hydrogen-bond acceptors (Lipinski definition) is 3. The molecule has 0 aromatic heterocycles. The molecule has 0 aliphatic carbocycles. The van der Waals surface area contributed by atoms with Gasteiger partial charge in [0, 0.05) is 5.02 Å². The van der Waals surface area contributed by atoms with Crippen molar-refractivity contribution in [2.24, 2.45) is 0 Å². The smallest absolute Gasteiger partial charge is 0.266 e. The summed E-state index contributed by atoms with van der Waals surface area (Å²) in [5, 5.41) is 0.474. The molecule has 0 radical (unpaired) electrons. The number of imide groups is 1. The molecule has 1 aliphatic rings. The van der Waals surface area contributed by atoms with Gasteiger partial charge < -0.3 is 4.74 Å². The van der Waals surface area contributed by atoms with Crippen LogP contribution in [-0.4, -0.2) is 18.9 Å². The molecule has 106 valence electrons. The van der Waals surface area contributed by atoms with Crippen molar-refractivity contribution in [2.75, 3.05) is 12.0 Å². The molecule has 5 heteroatoms. The molecule has 1 heterocycles. The van der Waals surface area contributed by atoms with Crippen LogP contribution in [0.4, 0.5) is 5.69 Å². The quantitative estimate of drug-likeness (QED) is 0.798. The zero-order valence-electron chi connectivity index (χ0n) is 11.5. The summed E-state index contributed by atoms with van der Waals surface area (Å²) in [6.45, 7) is 1.83. The maximum absolute atomic E-state index is 12.5. The number of halogens is 1. The summed E-state index contributed by atoms with van der Waals surface area (Å²) in [5.74, 6) is -0.297. The van der Waals surface area contributed by atoms with Gasteiger partial charge in [-0.25, -0.2) is 4.90 Å². The fourth-order valence-electron chi connectivity index (χ4n) is 2.39. The number of anilines is 1. The molecule has 0 spiro atoms. The van der Waals surface area contributed by atoms with E-state index < -0.39 is 0 Å². The van der Waals surface area contributed by atoms with Crippen LogP contribution in [0.3, 0.4) is 0 Å². The van der Waals surface area contributed by atoms with Gasteiger partial charge in [-0.05, 0) is 36.8 Å². The minimum atomic E-state index is -0.367. The van der Waals surface area contributed by atoms with Gasteiger partial charge in [0.15, 0.2) is 0 Å². The van der Waals surface area contributed by atoms with Crippen LogP contribution in [0.25, 0.3) is 0 Å². The van der Waals surface area contributed by atoms with E-state index >= 15 is 0 Å². The number of hydrogen-bond donors (Lipinski definition) is 0. The maximum Gasteiger partial charge on any atom is 0.266 e. The van der Waals surface area contributed by atoms with Crippen LogP contribution in [0.15, 0.2) is 36.4 Å². The summed E-state index contributed by atoms with van der Waals surface area (Å²) in [6, 6.07) is 10.0. The van der Waals surface area contributed by atoms with E-state index in [1.165, 1.54) is 7.11 Å².